The number of ether oxygens (including phenoxy) is 1. The Bertz CT molecular complexity index is 1850. The van der Waals surface area contributed by atoms with Crippen molar-refractivity contribution in [3.05, 3.63) is 42.0 Å². The molecule has 12 nitrogen and oxygen atoms in total. The maximum absolute atomic E-state index is 14.2. The number of carbonyl (C=O) groups excluding carboxylic acids is 1. The average molecular weight is 702 g/mol. The van der Waals surface area contributed by atoms with Crippen LogP contribution in [0.5, 0.6) is 0 Å². The zero-order valence-corrected chi connectivity index (χ0v) is 30.8. The van der Waals surface area contributed by atoms with Crippen molar-refractivity contribution in [3.8, 4) is 22.8 Å². The summed E-state index contributed by atoms with van der Waals surface area (Å²) in [5.74, 6) is -0.175. The molecule has 4 aromatic rings. The molecule has 7 rings (SSSR count). The zero-order valence-electron chi connectivity index (χ0n) is 28.8. The van der Waals surface area contributed by atoms with Crippen LogP contribution in [0.1, 0.15) is 56.2 Å². The molecule has 1 aliphatic heterocycles. The molecule has 5 heterocycles. The average Bonchev–Trinajstić information content (AvgIpc) is 3.80. The zero-order chi connectivity index (χ0) is 34.5. The van der Waals surface area contributed by atoms with Gasteiger partial charge in [-0.1, -0.05) is 6.42 Å². The minimum absolute atomic E-state index is 0. The summed E-state index contributed by atoms with van der Waals surface area (Å²) in [6.07, 6.45) is 4.80. The Kier molecular flexibility index (Phi) is 10.4. The number of H-pyrrole nitrogens is 1. The number of aromatic amines is 1. The number of hydrogen-bond acceptors (Lipinski definition) is 11. The molecule has 260 valence electrons. The Morgan fingerprint density at radius 2 is 1.88 bits per heavy atom. The molecule has 0 unspecified atom stereocenters. The molecule has 0 amide bonds. The Morgan fingerprint density at radius 3 is 2.48 bits per heavy atom. The third-order valence-corrected chi connectivity index (χ3v) is 10.0. The molecule has 1 saturated heterocycles. The van der Waals surface area contributed by atoms with Crippen LogP contribution in [0.4, 0.5) is 24.7 Å². The fourth-order valence-corrected chi connectivity index (χ4v) is 7.28. The number of carboxylic acid groups (broad SMARTS) is 1. The first kappa shape index (κ1) is 36.4. The van der Waals surface area contributed by atoms with Crippen LogP contribution >= 0.6 is 0 Å². The fraction of sp³-hybridized carbons (Fsp3) is 0.529. The third kappa shape index (κ3) is 7.47. The molecule has 3 aliphatic rings. The molecular formula is C34H39F3N9NaO3. The van der Waals surface area contributed by atoms with E-state index in [1.807, 2.05) is 18.9 Å². The van der Waals surface area contributed by atoms with Gasteiger partial charge in [-0.3, -0.25) is 9.88 Å². The number of alkyl halides is 3. The number of nitrogens with zero attached hydrogens (tertiary/aromatic N) is 8. The number of imidazole rings is 1. The maximum atomic E-state index is 14.2. The quantitative estimate of drug-likeness (QED) is 0.223. The van der Waals surface area contributed by atoms with Crippen LogP contribution < -0.4 is 44.5 Å². The maximum Gasteiger partial charge on any atom is 1.00 e. The van der Waals surface area contributed by atoms with Crippen LogP contribution in [0.3, 0.4) is 0 Å². The molecule has 3 fully saturated rings. The molecule has 16 heteroatoms. The standard InChI is InChI=1S/C34H40F3N9O3.Na/c1-20-16-45(17-28(47)48)9-10-46(20)27-15-38-25(14-39-27)31-42-30-26(44(2)18-33(19-49-3)7-4-8-33)12-24(41-32(30)43-31)22-11-23(34(35,36)37)29(40-13-22)21-5-6-21;/h11-15,20-21H,4-10,16-19H2,1-3H3,(H,47,48)(H,41,42,43);/q;+1/p-1/t20-;/m1./s1. The van der Waals surface area contributed by atoms with E-state index in [0.717, 1.165) is 31.0 Å². The van der Waals surface area contributed by atoms with E-state index in [-0.39, 0.29) is 64.7 Å². The number of carbonyl (C=O) groups is 1. The smallest absolute Gasteiger partial charge is 0.549 e. The summed E-state index contributed by atoms with van der Waals surface area (Å²) in [5.41, 5.74) is 2.17. The first-order valence-electron chi connectivity index (χ1n) is 16.6. The van der Waals surface area contributed by atoms with Gasteiger partial charge in [0.05, 0.1) is 47.6 Å². The van der Waals surface area contributed by atoms with Crippen molar-refractivity contribution in [3.63, 3.8) is 0 Å². The Morgan fingerprint density at radius 1 is 1.10 bits per heavy atom. The van der Waals surface area contributed by atoms with Gasteiger partial charge in [0.15, 0.2) is 11.5 Å². The number of pyridine rings is 2. The van der Waals surface area contributed by atoms with Gasteiger partial charge in [-0.25, -0.2) is 19.9 Å². The van der Waals surface area contributed by atoms with E-state index in [1.165, 1.54) is 6.20 Å². The van der Waals surface area contributed by atoms with Gasteiger partial charge in [-0.05, 0) is 44.7 Å². The second-order valence-corrected chi connectivity index (χ2v) is 13.8. The van der Waals surface area contributed by atoms with Crippen molar-refractivity contribution in [1.29, 1.82) is 0 Å². The number of rotatable bonds is 11. The van der Waals surface area contributed by atoms with Gasteiger partial charge in [0, 0.05) is 76.0 Å². The molecule has 2 saturated carbocycles. The van der Waals surface area contributed by atoms with Gasteiger partial charge >= 0.3 is 35.7 Å². The van der Waals surface area contributed by atoms with E-state index in [2.05, 4.69) is 29.7 Å². The normalized spacial score (nSPS) is 19.2. The molecule has 0 aromatic carbocycles. The van der Waals surface area contributed by atoms with Crippen LogP contribution in [0.2, 0.25) is 0 Å². The van der Waals surface area contributed by atoms with E-state index < -0.39 is 17.7 Å². The number of nitrogens with one attached hydrogen (secondary N) is 1. The fourth-order valence-electron chi connectivity index (χ4n) is 7.28. The predicted molar refractivity (Wildman–Crippen MR) is 175 cm³/mol. The molecule has 0 bridgehead atoms. The number of carboxylic acids is 1. The molecule has 4 aromatic heterocycles. The van der Waals surface area contributed by atoms with Crippen LogP contribution in [-0.4, -0.2) is 100 Å². The molecular weight excluding hydrogens is 662 g/mol. The van der Waals surface area contributed by atoms with Gasteiger partial charge in [-0.2, -0.15) is 13.2 Å². The Balaban J connectivity index is 0.00000432. The van der Waals surface area contributed by atoms with E-state index in [1.54, 1.807) is 25.6 Å². The van der Waals surface area contributed by atoms with Crippen molar-refractivity contribution in [2.75, 3.05) is 63.3 Å². The summed E-state index contributed by atoms with van der Waals surface area (Å²) in [7, 11) is 3.66. The predicted octanol–water partition coefficient (Wildman–Crippen LogP) is 0.890. The largest absolute Gasteiger partial charge is 1.00 e. The van der Waals surface area contributed by atoms with Crippen molar-refractivity contribution < 1.29 is 57.4 Å². The van der Waals surface area contributed by atoms with Crippen LogP contribution in [-0.2, 0) is 15.7 Å². The topological polar surface area (TPSA) is 139 Å². The minimum Gasteiger partial charge on any atom is -0.549 e. The van der Waals surface area contributed by atoms with Crippen LogP contribution in [0.25, 0.3) is 33.9 Å². The van der Waals surface area contributed by atoms with Crippen molar-refractivity contribution in [2.45, 2.75) is 57.2 Å². The van der Waals surface area contributed by atoms with Crippen molar-refractivity contribution in [1.82, 2.24) is 34.8 Å². The number of hydrogen-bond donors (Lipinski definition) is 1. The molecule has 1 atom stereocenters. The van der Waals surface area contributed by atoms with Gasteiger partial charge in [0.1, 0.15) is 17.0 Å². The number of fused-ring (bicyclic) bond motifs is 1. The van der Waals surface area contributed by atoms with E-state index >= 15 is 0 Å². The number of anilines is 2. The van der Waals surface area contributed by atoms with Crippen molar-refractivity contribution >= 4 is 28.6 Å². The SMILES string of the molecule is COCC1(CN(C)c2cc(-c3cnc(C4CC4)c(C(F)(F)F)c3)nc3nc(-c4cnc(N5CCN(CC(=O)[O-])C[C@H]5C)cn4)[nH]c23)CCC1.[Na+]. The molecule has 1 N–H and O–H groups in total. The monoisotopic (exact) mass is 701 g/mol. The molecule has 0 spiro atoms. The summed E-state index contributed by atoms with van der Waals surface area (Å²) in [6, 6.07) is 2.98. The van der Waals surface area contributed by atoms with Crippen LogP contribution in [0.15, 0.2) is 30.7 Å². The Hall–Kier alpha value is -3.37. The number of piperazine rings is 1. The summed E-state index contributed by atoms with van der Waals surface area (Å²) < 4.78 is 48.1. The van der Waals surface area contributed by atoms with Gasteiger partial charge in [0.2, 0.25) is 0 Å². The molecule has 50 heavy (non-hydrogen) atoms. The van der Waals surface area contributed by atoms with Gasteiger partial charge < -0.3 is 29.4 Å². The third-order valence-electron chi connectivity index (χ3n) is 10.0. The Labute approximate surface area is 310 Å². The van der Waals surface area contributed by atoms with E-state index in [4.69, 9.17) is 14.7 Å². The van der Waals surface area contributed by atoms with E-state index in [0.29, 0.717) is 79.8 Å². The number of halogens is 3. The molecule has 2 aliphatic carbocycles. The van der Waals surface area contributed by atoms with Gasteiger partial charge in [0.25, 0.3) is 0 Å². The van der Waals surface area contributed by atoms with Crippen LogP contribution in [0, 0.1) is 5.41 Å². The second kappa shape index (κ2) is 14.3. The summed E-state index contributed by atoms with van der Waals surface area (Å²) >= 11 is 0. The number of aliphatic carboxylic acids is 1. The van der Waals surface area contributed by atoms with E-state index in [9.17, 15) is 23.1 Å². The molecule has 0 radical (unpaired) electrons. The van der Waals surface area contributed by atoms with Gasteiger partial charge in [-0.15, -0.1) is 0 Å². The second-order valence-electron chi connectivity index (χ2n) is 13.8. The van der Waals surface area contributed by atoms with Crippen molar-refractivity contribution in [2.24, 2.45) is 5.41 Å². The first-order valence-corrected chi connectivity index (χ1v) is 16.6. The first-order chi connectivity index (χ1) is 23.4. The number of aromatic nitrogens is 6. The summed E-state index contributed by atoms with van der Waals surface area (Å²) in [4.78, 5) is 43.5. The summed E-state index contributed by atoms with van der Waals surface area (Å²) in [6.45, 7) is 4.90. The number of methoxy groups -OCH3 is 1. The minimum atomic E-state index is -4.53. The summed E-state index contributed by atoms with van der Waals surface area (Å²) in [5, 5.41) is 11.0.